The summed E-state index contributed by atoms with van der Waals surface area (Å²) in [5.41, 5.74) is 2.49. The van der Waals surface area contributed by atoms with Crippen LogP contribution in [0.2, 0.25) is 0 Å². The summed E-state index contributed by atoms with van der Waals surface area (Å²) in [6.07, 6.45) is -0.292. The Morgan fingerprint density at radius 2 is 1.76 bits per heavy atom. The second-order valence-corrected chi connectivity index (χ2v) is 12.8. The molecule has 10 nitrogen and oxygen atoms in total. The van der Waals surface area contributed by atoms with Gasteiger partial charge in [-0.2, -0.15) is 0 Å². The van der Waals surface area contributed by atoms with Crippen molar-refractivity contribution in [3.8, 4) is 17.2 Å². The SMILES string of the molecule is Cc1ccc(S(=O)(=O)Nc2ccc3c(c2)C(=O)N([C@H](C)CO)C[C@H](C)[C@@H](CN(C)Cc2ccc4c(c2)OCO4)O3)cc1. The molecule has 2 N–H and O–H groups in total. The van der Waals surface area contributed by atoms with Crippen molar-refractivity contribution >= 4 is 21.6 Å². The van der Waals surface area contributed by atoms with Gasteiger partial charge in [0.05, 0.1) is 23.1 Å². The van der Waals surface area contributed by atoms with Crippen molar-refractivity contribution in [2.75, 3.05) is 38.3 Å². The van der Waals surface area contributed by atoms with Gasteiger partial charge in [0.1, 0.15) is 11.9 Å². The number of nitrogens with zero attached hydrogens (tertiary/aromatic N) is 2. The number of amides is 1. The van der Waals surface area contributed by atoms with Crippen LogP contribution in [0.25, 0.3) is 0 Å². The van der Waals surface area contributed by atoms with Crippen LogP contribution in [-0.2, 0) is 16.6 Å². The summed E-state index contributed by atoms with van der Waals surface area (Å²) in [5, 5.41) is 9.95. The molecule has 0 aromatic heterocycles. The number of hydrogen-bond donors (Lipinski definition) is 2. The fraction of sp³-hybridized carbons (Fsp3) is 0.387. The number of aryl methyl sites for hydroxylation is 1. The number of benzene rings is 3. The van der Waals surface area contributed by atoms with Gasteiger partial charge in [-0.05, 0) is 68.9 Å². The van der Waals surface area contributed by atoms with Crippen molar-refractivity contribution in [2.45, 2.75) is 44.4 Å². The van der Waals surface area contributed by atoms with Crippen molar-refractivity contribution in [2.24, 2.45) is 5.92 Å². The molecule has 3 aromatic carbocycles. The van der Waals surface area contributed by atoms with Crippen LogP contribution in [0.3, 0.4) is 0 Å². The molecule has 5 rings (SSSR count). The Kier molecular flexibility index (Phi) is 8.63. The van der Waals surface area contributed by atoms with E-state index in [0.717, 1.165) is 22.6 Å². The predicted molar refractivity (Wildman–Crippen MR) is 158 cm³/mol. The molecule has 2 aliphatic heterocycles. The highest BCUT2D eigenvalue weighted by Crippen LogP contribution is 2.34. The third-order valence-electron chi connectivity index (χ3n) is 7.63. The molecule has 3 atom stereocenters. The van der Waals surface area contributed by atoms with Crippen LogP contribution < -0.4 is 18.9 Å². The van der Waals surface area contributed by atoms with E-state index in [2.05, 4.69) is 9.62 Å². The van der Waals surface area contributed by atoms with E-state index in [0.29, 0.717) is 25.4 Å². The Labute approximate surface area is 246 Å². The first-order valence-corrected chi connectivity index (χ1v) is 15.4. The number of ether oxygens (including phenoxy) is 3. The summed E-state index contributed by atoms with van der Waals surface area (Å²) in [6, 6.07) is 16.7. The van der Waals surface area contributed by atoms with Gasteiger partial charge in [-0.3, -0.25) is 14.4 Å². The number of rotatable bonds is 9. The number of carbonyl (C=O) groups excluding carboxylic acids is 1. The van der Waals surface area contributed by atoms with E-state index >= 15 is 0 Å². The van der Waals surface area contributed by atoms with Crippen LogP contribution in [0.1, 0.15) is 35.3 Å². The van der Waals surface area contributed by atoms with Crippen LogP contribution in [-0.4, -0.2) is 74.9 Å². The molecule has 2 aliphatic rings. The van der Waals surface area contributed by atoms with Crippen molar-refractivity contribution < 1.29 is 32.5 Å². The quantitative estimate of drug-likeness (QED) is 0.383. The third-order valence-corrected chi connectivity index (χ3v) is 9.03. The minimum atomic E-state index is -3.87. The van der Waals surface area contributed by atoms with Gasteiger partial charge < -0.3 is 24.2 Å². The molecule has 11 heteroatoms. The molecular formula is C31H37N3O7S. The minimum absolute atomic E-state index is 0.0602. The number of fused-ring (bicyclic) bond motifs is 2. The summed E-state index contributed by atoms with van der Waals surface area (Å²) >= 11 is 0. The highest BCUT2D eigenvalue weighted by Gasteiger charge is 2.34. The number of carbonyl (C=O) groups is 1. The maximum Gasteiger partial charge on any atom is 0.261 e. The van der Waals surface area contributed by atoms with Gasteiger partial charge in [0.15, 0.2) is 11.5 Å². The van der Waals surface area contributed by atoms with Crippen LogP contribution in [0.4, 0.5) is 5.69 Å². The zero-order valence-electron chi connectivity index (χ0n) is 24.2. The number of likely N-dealkylation sites (N-methyl/N-ethyl adjacent to an activating group) is 1. The number of hydrogen-bond acceptors (Lipinski definition) is 8. The van der Waals surface area contributed by atoms with Crippen LogP contribution in [0, 0.1) is 12.8 Å². The average Bonchev–Trinajstić information content (AvgIpc) is 3.43. The Bertz CT molecular complexity index is 1540. The molecule has 0 aliphatic carbocycles. The Hall–Kier alpha value is -3.80. The van der Waals surface area contributed by atoms with Gasteiger partial charge in [-0.15, -0.1) is 0 Å². The summed E-state index contributed by atoms with van der Waals surface area (Å²) in [6.45, 7) is 7.28. The van der Waals surface area contributed by atoms with E-state index in [-0.39, 0.29) is 47.5 Å². The first-order valence-electron chi connectivity index (χ1n) is 13.9. The summed E-state index contributed by atoms with van der Waals surface area (Å²) < 4.78 is 46.1. The molecule has 0 saturated carbocycles. The lowest BCUT2D eigenvalue weighted by Crippen LogP contribution is -2.49. The molecule has 0 radical (unpaired) electrons. The van der Waals surface area contributed by atoms with E-state index in [4.69, 9.17) is 14.2 Å². The lowest BCUT2D eigenvalue weighted by molar-refractivity contribution is 0.0341. The van der Waals surface area contributed by atoms with E-state index in [9.17, 15) is 18.3 Å². The predicted octanol–water partition coefficient (Wildman–Crippen LogP) is 3.88. The van der Waals surface area contributed by atoms with Crippen molar-refractivity contribution in [1.82, 2.24) is 9.80 Å². The fourth-order valence-electron chi connectivity index (χ4n) is 5.16. The minimum Gasteiger partial charge on any atom is -0.488 e. The monoisotopic (exact) mass is 595 g/mol. The lowest BCUT2D eigenvalue weighted by Gasteiger charge is -2.38. The molecule has 1 amide bonds. The molecule has 0 spiro atoms. The second kappa shape index (κ2) is 12.2. The molecule has 0 bridgehead atoms. The van der Waals surface area contributed by atoms with Crippen molar-refractivity contribution in [1.29, 1.82) is 0 Å². The second-order valence-electron chi connectivity index (χ2n) is 11.1. The number of aliphatic hydroxyl groups excluding tert-OH is 1. The lowest BCUT2D eigenvalue weighted by atomic mass is 9.99. The highest BCUT2D eigenvalue weighted by molar-refractivity contribution is 7.92. The number of anilines is 1. The van der Waals surface area contributed by atoms with Gasteiger partial charge in [-0.25, -0.2) is 8.42 Å². The topological polar surface area (TPSA) is 118 Å². The van der Waals surface area contributed by atoms with Crippen LogP contribution in [0.15, 0.2) is 65.6 Å². The molecule has 42 heavy (non-hydrogen) atoms. The standard InChI is InChI=1S/C31H37N3O7S/c1-20-5-9-25(10-6-20)42(37,38)32-24-8-12-27-26(14-24)31(36)34(22(3)18-35)15-21(2)30(41-27)17-33(4)16-23-7-11-28-29(13-23)40-19-39-28/h5-14,21-22,30,32,35H,15-19H2,1-4H3/t21-,22+,30+/m0/s1. The molecule has 224 valence electrons. The van der Waals surface area contributed by atoms with Gasteiger partial charge in [0, 0.05) is 31.2 Å². The number of sulfonamides is 1. The van der Waals surface area contributed by atoms with Crippen LogP contribution >= 0.6 is 0 Å². The molecule has 2 heterocycles. The zero-order chi connectivity index (χ0) is 30.0. The highest BCUT2D eigenvalue weighted by atomic mass is 32.2. The van der Waals surface area contributed by atoms with Crippen LogP contribution in [0.5, 0.6) is 17.2 Å². The summed E-state index contributed by atoms with van der Waals surface area (Å²) in [5.74, 6) is 1.43. The van der Waals surface area contributed by atoms with Gasteiger partial charge >= 0.3 is 0 Å². The third kappa shape index (κ3) is 6.48. The van der Waals surface area contributed by atoms with Crippen molar-refractivity contribution in [3.05, 3.63) is 77.4 Å². The number of aliphatic hydroxyl groups is 1. The fourth-order valence-corrected chi connectivity index (χ4v) is 6.21. The Morgan fingerprint density at radius 1 is 1.05 bits per heavy atom. The first kappa shape index (κ1) is 29.7. The maximum atomic E-state index is 13.7. The Morgan fingerprint density at radius 3 is 2.50 bits per heavy atom. The molecule has 3 aromatic rings. The Balaban J connectivity index is 1.40. The average molecular weight is 596 g/mol. The molecule has 0 saturated heterocycles. The van der Waals surface area contributed by atoms with Gasteiger partial charge in [0.2, 0.25) is 6.79 Å². The van der Waals surface area contributed by atoms with Gasteiger partial charge in [-0.1, -0.05) is 30.7 Å². The smallest absolute Gasteiger partial charge is 0.261 e. The van der Waals surface area contributed by atoms with E-state index in [1.807, 2.05) is 39.1 Å². The molecule has 0 unspecified atom stereocenters. The van der Waals surface area contributed by atoms with Gasteiger partial charge in [0.25, 0.3) is 15.9 Å². The van der Waals surface area contributed by atoms with E-state index in [1.165, 1.54) is 18.2 Å². The first-order chi connectivity index (χ1) is 20.0. The largest absolute Gasteiger partial charge is 0.488 e. The van der Waals surface area contributed by atoms with E-state index < -0.39 is 16.1 Å². The zero-order valence-corrected chi connectivity index (χ0v) is 25.1. The maximum absolute atomic E-state index is 13.7. The summed E-state index contributed by atoms with van der Waals surface area (Å²) in [7, 11) is -1.87. The normalized spacial score (nSPS) is 19.1. The molecular weight excluding hydrogens is 558 g/mol. The van der Waals surface area contributed by atoms with Crippen molar-refractivity contribution in [3.63, 3.8) is 0 Å². The summed E-state index contributed by atoms with van der Waals surface area (Å²) in [4.78, 5) is 17.6. The molecule has 0 fully saturated rings. The van der Waals surface area contributed by atoms with E-state index in [1.54, 1.807) is 36.1 Å². The number of nitrogens with one attached hydrogen (secondary N) is 1.